The molecule has 2 rings (SSSR count). The third-order valence-electron chi connectivity index (χ3n) is 3.66. The van der Waals surface area contributed by atoms with Crippen molar-refractivity contribution < 1.29 is 0 Å². The Morgan fingerprint density at radius 1 is 1.31 bits per heavy atom. The molecule has 1 saturated carbocycles. The van der Waals surface area contributed by atoms with Crippen molar-refractivity contribution in [2.45, 2.75) is 45.2 Å². The van der Waals surface area contributed by atoms with E-state index in [0.717, 1.165) is 17.5 Å². The van der Waals surface area contributed by atoms with Gasteiger partial charge in [-0.05, 0) is 36.8 Å². The Morgan fingerprint density at radius 3 is 2.81 bits per heavy atom. The Morgan fingerprint density at radius 2 is 2.12 bits per heavy atom. The highest BCUT2D eigenvalue weighted by molar-refractivity contribution is 6.31. The molecule has 1 aromatic carbocycles. The molecule has 0 spiro atoms. The Labute approximate surface area is 103 Å². The van der Waals surface area contributed by atoms with Gasteiger partial charge in [0.05, 0.1) is 0 Å². The van der Waals surface area contributed by atoms with E-state index in [4.69, 9.17) is 11.6 Å². The van der Waals surface area contributed by atoms with E-state index < -0.39 is 0 Å². The molecule has 2 atom stereocenters. The summed E-state index contributed by atoms with van der Waals surface area (Å²) in [5.74, 6) is 0.934. The van der Waals surface area contributed by atoms with Gasteiger partial charge < -0.3 is 5.32 Å². The third-order valence-corrected chi connectivity index (χ3v) is 4.03. The fourth-order valence-corrected chi connectivity index (χ4v) is 2.73. The lowest BCUT2D eigenvalue weighted by Gasteiger charge is -2.13. The third kappa shape index (κ3) is 2.99. The molecule has 1 fully saturated rings. The molecular formula is C14H20ClN. The number of hydrogen-bond acceptors (Lipinski definition) is 1. The topological polar surface area (TPSA) is 12.0 Å². The lowest BCUT2D eigenvalue weighted by Crippen LogP contribution is -2.25. The van der Waals surface area contributed by atoms with Crippen LogP contribution in [-0.2, 0) is 6.54 Å². The molecule has 0 saturated heterocycles. The zero-order chi connectivity index (χ0) is 11.4. The average molecular weight is 238 g/mol. The van der Waals surface area contributed by atoms with Gasteiger partial charge in [-0.1, -0.05) is 43.1 Å². The van der Waals surface area contributed by atoms with Gasteiger partial charge in [-0.15, -0.1) is 0 Å². The van der Waals surface area contributed by atoms with Crippen molar-refractivity contribution in [1.82, 2.24) is 5.32 Å². The standard InChI is InChI=1S/C14H20ClN/c1-2-11-7-8-13(9-11)16-10-12-5-3-4-6-14(12)15/h3-6,11,13,16H,2,7-10H2,1H3. The minimum Gasteiger partial charge on any atom is -0.310 e. The Hall–Kier alpha value is -0.530. The Bertz CT molecular complexity index is 337. The zero-order valence-corrected chi connectivity index (χ0v) is 10.6. The first-order valence-corrected chi connectivity index (χ1v) is 6.64. The van der Waals surface area contributed by atoms with Crippen LogP contribution in [0.4, 0.5) is 0 Å². The van der Waals surface area contributed by atoms with Crippen LogP contribution in [0.3, 0.4) is 0 Å². The van der Waals surface area contributed by atoms with E-state index in [1.54, 1.807) is 0 Å². The molecule has 1 aromatic rings. The fourth-order valence-electron chi connectivity index (χ4n) is 2.53. The molecule has 0 aromatic heterocycles. The van der Waals surface area contributed by atoms with E-state index in [1.807, 2.05) is 18.2 Å². The summed E-state index contributed by atoms with van der Waals surface area (Å²) >= 11 is 6.13. The number of benzene rings is 1. The van der Waals surface area contributed by atoms with Gasteiger partial charge in [0.2, 0.25) is 0 Å². The minimum absolute atomic E-state index is 0.696. The van der Waals surface area contributed by atoms with Crippen molar-refractivity contribution in [2.75, 3.05) is 0 Å². The summed E-state index contributed by atoms with van der Waals surface area (Å²) in [6.45, 7) is 3.20. The molecule has 1 nitrogen and oxygen atoms in total. The maximum atomic E-state index is 6.13. The quantitative estimate of drug-likeness (QED) is 0.835. The van der Waals surface area contributed by atoms with Gasteiger partial charge in [-0.25, -0.2) is 0 Å². The molecule has 0 radical (unpaired) electrons. The molecule has 2 heteroatoms. The Kier molecular flexibility index (Phi) is 4.25. The van der Waals surface area contributed by atoms with E-state index in [0.29, 0.717) is 6.04 Å². The van der Waals surface area contributed by atoms with Crippen LogP contribution >= 0.6 is 11.6 Å². The lowest BCUT2D eigenvalue weighted by molar-refractivity contribution is 0.477. The van der Waals surface area contributed by atoms with Crippen LogP contribution in [0.2, 0.25) is 5.02 Å². The highest BCUT2D eigenvalue weighted by Gasteiger charge is 2.22. The van der Waals surface area contributed by atoms with Crippen LogP contribution in [0.15, 0.2) is 24.3 Å². The van der Waals surface area contributed by atoms with Gasteiger partial charge >= 0.3 is 0 Å². The minimum atomic E-state index is 0.696. The summed E-state index contributed by atoms with van der Waals surface area (Å²) in [7, 11) is 0. The molecule has 88 valence electrons. The first kappa shape index (κ1) is 11.9. The fraction of sp³-hybridized carbons (Fsp3) is 0.571. The summed E-state index contributed by atoms with van der Waals surface area (Å²) in [4.78, 5) is 0. The highest BCUT2D eigenvalue weighted by Crippen LogP contribution is 2.28. The second-order valence-corrected chi connectivity index (χ2v) is 5.16. The molecule has 2 unspecified atom stereocenters. The first-order chi connectivity index (χ1) is 7.79. The molecule has 16 heavy (non-hydrogen) atoms. The monoisotopic (exact) mass is 237 g/mol. The molecule has 0 aliphatic heterocycles. The van der Waals surface area contributed by atoms with Crippen molar-refractivity contribution in [2.24, 2.45) is 5.92 Å². The van der Waals surface area contributed by atoms with Crippen molar-refractivity contribution in [1.29, 1.82) is 0 Å². The normalized spacial score (nSPS) is 24.9. The number of halogens is 1. The van der Waals surface area contributed by atoms with Crippen LogP contribution in [-0.4, -0.2) is 6.04 Å². The molecule has 1 aliphatic rings. The van der Waals surface area contributed by atoms with E-state index >= 15 is 0 Å². The molecular weight excluding hydrogens is 218 g/mol. The second kappa shape index (κ2) is 5.70. The summed E-state index contributed by atoms with van der Waals surface area (Å²) in [5.41, 5.74) is 1.21. The van der Waals surface area contributed by atoms with Gasteiger partial charge in [0.25, 0.3) is 0 Å². The molecule has 0 heterocycles. The van der Waals surface area contributed by atoms with Gasteiger partial charge in [0, 0.05) is 17.6 Å². The number of nitrogens with one attached hydrogen (secondary N) is 1. The van der Waals surface area contributed by atoms with Gasteiger partial charge in [0.15, 0.2) is 0 Å². The van der Waals surface area contributed by atoms with Crippen LogP contribution in [0.1, 0.15) is 38.2 Å². The second-order valence-electron chi connectivity index (χ2n) is 4.76. The average Bonchev–Trinajstić information content (AvgIpc) is 2.76. The largest absolute Gasteiger partial charge is 0.310 e. The summed E-state index contributed by atoms with van der Waals surface area (Å²) < 4.78 is 0. The van der Waals surface area contributed by atoms with E-state index in [2.05, 4.69) is 18.3 Å². The molecule has 1 N–H and O–H groups in total. The van der Waals surface area contributed by atoms with E-state index in [-0.39, 0.29) is 0 Å². The molecule has 0 bridgehead atoms. The SMILES string of the molecule is CCC1CCC(NCc2ccccc2Cl)C1. The summed E-state index contributed by atoms with van der Waals surface area (Å²) in [5, 5.41) is 4.49. The smallest absolute Gasteiger partial charge is 0.0450 e. The van der Waals surface area contributed by atoms with Crippen LogP contribution in [0.5, 0.6) is 0 Å². The van der Waals surface area contributed by atoms with Crippen LogP contribution < -0.4 is 5.32 Å². The van der Waals surface area contributed by atoms with Crippen LogP contribution in [0, 0.1) is 5.92 Å². The van der Waals surface area contributed by atoms with Crippen molar-refractivity contribution in [3.05, 3.63) is 34.9 Å². The first-order valence-electron chi connectivity index (χ1n) is 6.26. The van der Waals surface area contributed by atoms with Gasteiger partial charge in [-0.2, -0.15) is 0 Å². The zero-order valence-electron chi connectivity index (χ0n) is 9.88. The number of hydrogen-bond donors (Lipinski definition) is 1. The van der Waals surface area contributed by atoms with Gasteiger partial charge in [-0.3, -0.25) is 0 Å². The molecule has 1 aliphatic carbocycles. The molecule has 0 amide bonds. The van der Waals surface area contributed by atoms with Crippen molar-refractivity contribution >= 4 is 11.6 Å². The van der Waals surface area contributed by atoms with Gasteiger partial charge in [0.1, 0.15) is 0 Å². The Balaban J connectivity index is 1.82. The van der Waals surface area contributed by atoms with Crippen molar-refractivity contribution in [3.63, 3.8) is 0 Å². The van der Waals surface area contributed by atoms with Crippen molar-refractivity contribution in [3.8, 4) is 0 Å². The summed E-state index contributed by atoms with van der Waals surface area (Å²) in [6.07, 6.45) is 5.37. The number of rotatable bonds is 4. The summed E-state index contributed by atoms with van der Waals surface area (Å²) in [6, 6.07) is 8.78. The van der Waals surface area contributed by atoms with Crippen LogP contribution in [0.25, 0.3) is 0 Å². The predicted molar refractivity (Wildman–Crippen MR) is 69.7 cm³/mol. The maximum Gasteiger partial charge on any atom is 0.0450 e. The highest BCUT2D eigenvalue weighted by atomic mass is 35.5. The van der Waals surface area contributed by atoms with E-state index in [1.165, 1.54) is 31.2 Å². The predicted octanol–water partition coefficient (Wildman–Crippen LogP) is 4.01. The van der Waals surface area contributed by atoms with E-state index in [9.17, 15) is 0 Å². The maximum absolute atomic E-state index is 6.13. The lowest BCUT2D eigenvalue weighted by atomic mass is 10.1.